The molecule has 0 unspecified atom stereocenters. The second kappa shape index (κ2) is 7.51. The van der Waals surface area contributed by atoms with Gasteiger partial charge in [0, 0.05) is 16.6 Å². The maximum absolute atomic E-state index is 12.9. The number of aliphatic hydroxyl groups excluding tert-OH is 1. The van der Waals surface area contributed by atoms with Crippen molar-refractivity contribution in [3.8, 4) is 5.75 Å². The highest BCUT2D eigenvalue weighted by Crippen LogP contribution is 2.59. The Morgan fingerprint density at radius 1 is 1.06 bits per heavy atom. The third-order valence-electron chi connectivity index (χ3n) is 6.99. The zero-order valence-electron chi connectivity index (χ0n) is 19.2. The van der Waals surface area contributed by atoms with E-state index in [2.05, 4.69) is 19.9 Å². The van der Waals surface area contributed by atoms with E-state index in [0.717, 1.165) is 11.1 Å². The summed E-state index contributed by atoms with van der Waals surface area (Å²) in [4.78, 5) is 25.7. The molecule has 1 saturated carbocycles. The molecule has 0 aromatic heterocycles. The molecular formula is C27H30O5. The van der Waals surface area contributed by atoms with Crippen molar-refractivity contribution in [3.05, 3.63) is 76.1 Å². The second-order valence-corrected chi connectivity index (χ2v) is 10.2. The van der Waals surface area contributed by atoms with Crippen LogP contribution in [0.5, 0.6) is 5.75 Å². The topological polar surface area (TPSA) is 83.8 Å². The van der Waals surface area contributed by atoms with Crippen molar-refractivity contribution >= 4 is 11.8 Å². The van der Waals surface area contributed by atoms with Gasteiger partial charge in [0.2, 0.25) is 5.78 Å². The van der Waals surface area contributed by atoms with E-state index in [4.69, 9.17) is 4.74 Å². The van der Waals surface area contributed by atoms with Crippen molar-refractivity contribution in [2.75, 3.05) is 0 Å². The molecule has 0 amide bonds. The highest BCUT2D eigenvalue weighted by atomic mass is 16.5. The highest BCUT2D eigenvalue weighted by Gasteiger charge is 2.52. The minimum absolute atomic E-state index is 0.00657. The van der Waals surface area contributed by atoms with Crippen LogP contribution in [-0.4, -0.2) is 28.1 Å². The Balaban J connectivity index is 1.71. The van der Waals surface area contributed by atoms with Crippen LogP contribution in [0.3, 0.4) is 0 Å². The van der Waals surface area contributed by atoms with Gasteiger partial charge < -0.3 is 14.9 Å². The fraction of sp³-hybridized carbons (Fsp3) is 0.407. The summed E-state index contributed by atoms with van der Waals surface area (Å²) in [6.07, 6.45) is 6.70. The van der Waals surface area contributed by atoms with Crippen LogP contribution in [-0.2, 0) is 9.53 Å². The van der Waals surface area contributed by atoms with Crippen LogP contribution in [0.2, 0.25) is 0 Å². The van der Waals surface area contributed by atoms with Crippen LogP contribution >= 0.6 is 0 Å². The van der Waals surface area contributed by atoms with Gasteiger partial charge in [-0.3, -0.25) is 4.79 Å². The summed E-state index contributed by atoms with van der Waals surface area (Å²) in [5.74, 6) is -0.879. The van der Waals surface area contributed by atoms with Crippen molar-refractivity contribution in [2.45, 2.75) is 53.6 Å². The lowest BCUT2D eigenvalue weighted by Gasteiger charge is -2.52. The van der Waals surface area contributed by atoms with Crippen LogP contribution in [0.1, 0.15) is 57.8 Å². The number of rotatable bonds is 3. The van der Waals surface area contributed by atoms with E-state index >= 15 is 0 Å². The van der Waals surface area contributed by atoms with Gasteiger partial charge >= 0.3 is 5.97 Å². The molecule has 2 N–H and O–H groups in total. The van der Waals surface area contributed by atoms with Crippen LogP contribution in [0.25, 0.3) is 0 Å². The van der Waals surface area contributed by atoms with Gasteiger partial charge in [0.1, 0.15) is 11.9 Å². The number of ether oxygens (including phenoxy) is 1. The maximum atomic E-state index is 12.9. The molecular weight excluding hydrogens is 404 g/mol. The second-order valence-electron chi connectivity index (χ2n) is 10.2. The first-order chi connectivity index (χ1) is 14.9. The Hall–Kier alpha value is -3.08. The minimum atomic E-state index is -0.634. The Morgan fingerprint density at radius 2 is 1.72 bits per heavy atom. The number of ketones is 1. The number of Topliss-reactive ketones (excluding diaryl/α,β-unsaturated/α-hetero) is 1. The molecule has 2 atom stereocenters. The van der Waals surface area contributed by atoms with Gasteiger partial charge in [-0.15, -0.1) is 0 Å². The van der Waals surface area contributed by atoms with Crippen LogP contribution < -0.4 is 0 Å². The molecule has 5 heteroatoms. The predicted molar refractivity (Wildman–Crippen MR) is 122 cm³/mol. The number of phenolic OH excluding ortho intramolecular Hbond substituents is 1. The average Bonchev–Trinajstić information content (AvgIpc) is 2.69. The number of phenols is 1. The number of carbonyl (C=O) groups excluding carboxylic acids is 2. The van der Waals surface area contributed by atoms with E-state index in [1.165, 1.54) is 24.3 Å². The van der Waals surface area contributed by atoms with Gasteiger partial charge in [-0.05, 0) is 60.1 Å². The third kappa shape index (κ3) is 3.50. The Morgan fingerprint density at radius 3 is 2.34 bits per heavy atom. The van der Waals surface area contributed by atoms with Crippen LogP contribution in [0, 0.1) is 16.7 Å². The number of fused-ring (bicyclic) bond motifs is 3. The van der Waals surface area contributed by atoms with E-state index in [-0.39, 0.29) is 28.6 Å². The number of hydrogen-bond acceptors (Lipinski definition) is 5. The van der Waals surface area contributed by atoms with Crippen molar-refractivity contribution in [2.24, 2.45) is 16.7 Å². The number of aliphatic hydroxyl groups is 1. The molecule has 3 aliphatic rings. The Kier molecular flexibility index (Phi) is 5.19. The molecule has 0 heterocycles. The average molecular weight is 435 g/mol. The fourth-order valence-corrected chi connectivity index (χ4v) is 5.62. The predicted octanol–water partition coefficient (Wildman–Crippen LogP) is 5.59. The molecule has 32 heavy (non-hydrogen) atoms. The monoisotopic (exact) mass is 434 g/mol. The molecule has 1 fully saturated rings. The minimum Gasteiger partial charge on any atom is -0.508 e. The molecule has 0 bridgehead atoms. The molecule has 5 nitrogen and oxygen atoms in total. The van der Waals surface area contributed by atoms with E-state index in [0.29, 0.717) is 29.6 Å². The molecule has 168 valence electrons. The van der Waals surface area contributed by atoms with E-state index < -0.39 is 17.5 Å². The smallest absolute Gasteiger partial charge is 0.338 e. The highest BCUT2D eigenvalue weighted by molar-refractivity contribution is 6.10. The number of hydrogen-bond donors (Lipinski definition) is 2. The van der Waals surface area contributed by atoms with Crippen molar-refractivity contribution in [3.63, 3.8) is 0 Å². The van der Waals surface area contributed by atoms with Crippen molar-refractivity contribution in [1.82, 2.24) is 0 Å². The summed E-state index contributed by atoms with van der Waals surface area (Å²) in [5.41, 5.74) is 2.64. The largest absolute Gasteiger partial charge is 0.508 e. The third-order valence-corrected chi connectivity index (χ3v) is 6.99. The summed E-state index contributed by atoms with van der Waals surface area (Å²) in [6, 6.07) is 5.98. The first-order valence-electron chi connectivity index (χ1n) is 11.1. The number of benzene rings is 1. The van der Waals surface area contributed by atoms with Gasteiger partial charge in [0.05, 0.1) is 5.56 Å². The summed E-state index contributed by atoms with van der Waals surface area (Å²) in [6.45, 7) is 10.1. The lowest BCUT2D eigenvalue weighted by molar-refractivity contribution is -0.115. The molecule has 3 aliphatic carbocycles. The van der Waals surface area contributed by atoms with Crippen LogP contribution in [0.15, 0.2) is 70.5 Å². The zero-order valence-corrected chi connectivity index (χ0v) is 19.2. The van der Waals surface area contributed by atoms with Gasteiger partial charge in [0.15, 0.2) is 5.76 Å². The maximum Gasteiger partial charge on any atom is 0.338 e. The Labute approximate surface area is 188 Å². The van der Waals surface area contributed by atoms with Gasteiger partial charge in [-0.2, -0.15) is 0 Å². The van der Waals surface area contributed by atoms with Crippen LogP contribution in [0.4, 0.5) is 0 Å². The first-order valence-corrected chi connectivity index (χ1v) is 11.1. The number of allylic oxidation sites excluding steroid dienone is 7. The van der Waals surface area contributed by atoms with Gasteiger partial charge in [-0.1, -0.05) is 52.3 Å². The lowest BCUT2D eigenvalue weighted by Crippen LogP contribution is -2.46. The van der Waals surface area contributed by atoms with E-state index in [9.17, 15) is 19.8 Å². The molecule has 4 rings (SSSR count). The molecule has 0 spiro atoms. The SMILES string of the molecule is CC(C)C1=CC2=CC=C3C(C)(C)C[C@@H](OC(=O)c4ccc(O)cc4)C[C@]3(C)C2=C(O)C1=O. The summed E-state index contributed by atoms with van der Waals surface area (Å²) in [5, 5.41) is 20.5. The quantitative estimate of drug-likeness (QED) is 0.606. The van der Waals surface area contributed by atoms with E-state index in [1.54, 1.807) is 0 Å². The van der Waals surface area contributed by atoms with Gasteiger partial charge in [0.25, 0.3) is 0 Å². The fourth-order valence-electron chi connectivity index (χ4n) is 5.62. The normalized spacial score (nSPS) is 26.6. The first kappa shape index (κ1) is 22.1. The molecule has 1 aromatic rings. The van der Waals surface area contributed by atoms with Crippen molar-refractivity contribution in [1.29, 1.82) is 0 Å². The summed E-state index contributed by atoms with van der Waals surface area (Å²) in [7, 11) is 0. The standard InChI is InChI=1S/C27H30O5/c1-15(2)20-12-17-8-11-21-26(3,4)13-19(14-27(21,5)22(17)24(30)23(20)29)32-25(31)16-6-9-18(28)10-7-16/h6-12,15,19,28,30H,13-14H2,1-5H3/t19-,27+/m1/s1. The molecule has 0 saturated heterocycles. The summed E-state index contributed by atoms with van der Waals surface area (Å²) < 4.78 is 5.90. The lowest BCUT2D eigenvalue weighted by atomic mass is 9.53. The number of carbonyl (C=O) groups is 2. The summed E-state index contributed by atoms with van der Waals surface area (Å²) >= 11 is 0. The number of aromatic hydroxyl groups is 1. The molecule has 0 radical (unpaired) electrons. The molecule has 1 aromatic carbocycles. The van der Waals surface area contributed by atoms with E-state index in [1.807, 2.05) is 32.9 Å². The molecule has 0 aliphatic heterocycles. The zero-order chi connectivity index (χ0) is 23.4. The van der Waals surface area contributed by atoms with Crippen molar-refractivity contribution < 1.29 is 24.5 Å². The number of esters is 1. The Bertz CT molecular complexity index is 1110. The van der Waals surface area contributed by atoms with Gasteiger partial charge in [-0.25, -0.2) is 4.79 Å².